The van der Waals surface area contributed by atoms with E-state index in [1.165, 1.54) is 24.3 Å². The van der Waals surface area contributed by atoms with E-state index in [0.29, 0.717) is 6.42 Å². The number of benzene rings is 2. The minimum absolute atomic E-state index is 0.00209. The van der Waals surface area contributed by atoms with E-state index in [9.17, 15) is 23.1 Å². The van der Waals surface area contributed by atoms with Gasteiger partial charge in [-0.25, -0.2) is 18.4 Å². The molecule has 0 fully saturated rings. The van der Waals surface area contributed by atoms with Crippen molar-refractivity contribution in [2.45, 2.75) is 18.2 Å². The Balaban J connectivity index is 1.78. The fourth-order valence-electron chi connectivity index (χ4n) is 2.27. The Morgan fingerprint density at radius 2 is 1.81 bits per heavy atom. The minimum Gasteiger partial charge on any atom is -0.507 e. The Morgan fingerprint density at radius 3 is 2.44 bits per heavy atom. The molecule has 0 bridgehead atoms. The number of amides is 1. The van der Waals surface area contributed by atoms with E-state index in [4.69, 9.17) is 9.88 Å². The molecule has 9 heteroatoms. The third-order valence-corrected chi connectivity index (χ3v) is 4.62. The first-order valence-electron chi connectivity index (χ1n) is 8.02. The largest absolute Gasteiger partial charge is 0.507 e. The third kappa shape index (κ3) is 6.08. The van der Waals surface area contributed by atoms with Crippen LogP contribution in [0.15, 0.2) is 47.4 Å². The smallest absolute Gasteiger partial charge is 0.342 e. The van der Waals surface area contributed by atoms with Crippen molar-refractivity contribution in [1.82, 2.24) is 5.32 Å². The maximum absolute atomic E-state index is 11.9. The molecule has 27 heavy (non-hydrogen) atoms. The number of primary sulfonamides is 1. The van der Waals surface area contributed by atoms with Gasteiger partial charge >= 0.3 is 5.97 Å². The number of phenolic OH excluding ortho intramolecular Hbond substituents is 1. The minimum atomic E-state index is -3.73. The van der Waals surface area contributed by atoms with Gasteiger partial charge in [0.1, 0.15) is 11.3 Å². The second kappa shape index (κ2) is 8.65. The van der Waals surface area contributed by atoms with Gasteiger partial charge in [0.25, 0.3) is 5.91 Å². The molecule has 2 rings (SSSR count). The SMILES string of the molecule is Cc1ccc(O)c(C(=O)OCC(=O)NCCc2ccc(S(N)(=O)=O)cc2)c1. The lowest BCUT2D eigenvalue weighted by Gasteiger charge is -2.08. The number of rotatable bonds is 7. The van der Waals surface area contributed by atoms with Crippen molar-refractivity contribution in [2.75, 3.05) is 13.2 Å². The fourth-order valence-corrected chi connectivity index (χ4v) is 2.78. The van der Waals surface area contributed by atoms with E-state index < -0.39 is 28.5 Å². The average molecular weight is 392 g/mol. The predicted octanol–water partition coefficient (Wildman–Crippen LogP) is 0.864. The van der Waals surface area contributed by atoms with Gasteiger partial charge in [-0.3, -0.25) is 4.79 Å². The van der Waals surface area contributed by atoms with Crippen molar-refractivity contribution < 1.29 is 27.9 Å². The molecule has 0 aliphatic rings. The number of aromatic hydroxyl groups is 1. The summed E-state index contributed by atoms with van der Waals surface area (Å²) in [5, 5.41) is 17.3. The van der Waals surface area contributed by atoms with Crippen molar-refractivity contribution in [3.63, 3.8) is 0 Å². The molecule has 0 heterocycles. The summed E-state index contributed by atoms with van der Waals surface area (Å²) in [6.07, 6.45) is 0.462. The second-order valence-electron chi connectivity index (χ2n) is 5.89. The number of carbonyl (C=O) groups excluding carboxylic acids is 2. The molecule has 1 amide bonds. The van der Waals surface area contributed by atoms with E-state index in [1.54, 1.807) is 25.1 Å². The predicted molar refractivity (Wildman–Crippen MR) is 97.7 cm³/mol. The molecule has 4 N–H and O–H groups in total. The highest BCUT2D eigenvalue weighted by Gasteiger charge is 2.14. The van der Waals surface area contributed by atoms with Crippen LogP contribution in [0.5, 0.6) is 5.75 Å². The molecule has 0 aliphatic carbocycles. The van der Waals surface area contributed by atoms with Gasteiger partial charge in [0.05, 0.1) is 4.90 Å². The van der Waals surface area contributed by atoms with Gasteiger partial charge < -0.3 is 15.2 Å². The number of esters is 1. The zero-order valence-electron chi connectivity index (χ0n) is 14.6. The lowest BCUT2D eigenvalue weighted by Crippen LogP contribution is -2.30. The molecule has 0 saturated heterocycles. The number of nitrogens with one attached hydrogen (secondary N) is 1. The molecular formula is C18H20N2O6S. The molecule has 0 atom stereocenters. The van der Waals surface area contributed by atoms with Crippen molar-refractivity contribution in [3.8, 4) is 5.75 Å². The van der Waals surface area contributed by atoms with E-state index in [-0.39, 0.29) is 22.8 Å². The van der Waals surface area contributed by atoms with Gasteiger partial charge in [-0.2, -0.15) is 0 Å². The summed E-state index contributed by atoms with van der Waals surface area (Å²) >= 11 is 0. The van der Waals surface area contributed by atoms with Crippen LogP contribution in [0.1, 0.15) is 21.5 Å². The first-order valence-corrected chi connectivity index (χ1v) is 9.56. The number of hydrogen-bond acceptors (Lipinski definition) is 6. The topological polar surface area (TPSA) is 136 Å². The molecule has 2 aromatic rings. The van der Waals surface area contributed by atoms with Gasteiger partial charge in [-0.15, -0.1) is 0 Å². The van der Waals surface area contributed by atoms with E-state index in [1.807, 2.05) is 0 Å². The Hall–Kier alpha value is -2.91. The summed E-state index contributed by atoms with van der Waals surface area (Å²) in [5.74, 6) is -1.49. The van der Waals surface area contributed by atoms with Crippen LogP contribution in [-0.4, -0.2) is 38.6 Å². The molecule has 8 nitrogen and oxygen atoms in total. The fraction of sp³-hybridized carbons (Fsp3) is 0.222. The number of carbonyl (C=O) groups is 2. The van der Waals surface area contributed by atoms with Gasteiger partial charge in [0, 0.05) is 6.54 Å². The molecule has 0 aliphatic heterocycles. The van der Waals surface area contributed by atoms with Gasteiger partial charge in [-0.1, -0.05) is 23.8 Å². The highest BCUT2D eigenvalue weighted by molar-refractivity contribution is 7.89. The number of nitrogens with two attached hydrogens (primary N) is 1. The average Bonchev–Trinajstić information content (AvgIpc) is 2.61. The van der Waals surface area contributed by atoms with Crippen LogP contribution in [0.3, 0.4) is 0 Å². The number of phenols is 1. The first-order chi connectivity index (χ1) is 12.7. The molecule has 0 radical (unpaired) electrons. The van der Waals surface area contributed by atoms with Crippen LogP contribution in [0.4, 0.5) is 0 Å². The van der Waals surface area contributed by atoms with Crippen LogP contribution in [0, 0.1) is 6.92 Å². The molecule has 144 valence electrons. The van der Waals surface area contributed by atoms with Crippen molar-refractivity contribution in [3.05, 3.63) is 59.2 Å². The van der Waals surface area contributed by atoms with Crippen LogP contribution in [0.2, 0.25) is 0 Å². The normalized spacial score (nSPS) is 11.0. The standard InChI is InChI=1S/C18H20N2O6S/c1-12-2-7-16(21)15(10-12)18(23)26-11-17(22)20-9-8-13-3-5-14(6-4-13)27(19,24)25/h2-7,10,21H,8-9,11H2,1H3,(H,20,22)(H2,19,24,25). The Morgan fingerprint density at radius 1 is 1.15 bits per heavy atom. The van der Waals surface area contributed by atoms with Crippen LogP contribution < -0.4 is 10.5 Å². The van der Waals surface area contributed by atoms with Crippen molar-refractivity contribution in [2.24, 2.45) is 5.14 Å². The molecule has 0 spiro atoms. The molecule has 0 unspecified atom stereocenters. The van der Waals surface area contributed by atoms with Gasteiger partial charge in [0.2, 0.25) is 10.0 Å². The number of aryl methyl sites for hydroxylation is 1. The summed E-state index contributed by atoms with van der Waals surface area (Å²) in [5.41, 5.74) is 1.58. The number of ether oxygens (including phenoxy) is 1. The lowest BCUT2D eigenvalue weighted by molar-refractivity contribution is -0.124. The van der Waals surface area contributed by atoms with Crippen LogP contribution >= 0.6 is 0 Å². The summed E-state index contributed by atoms with van der Waals surface area (Å²) in [7, 11) is -3.73. The highest BCUT2D eigenvalue weighted by Crippen LogP contribution is 2.19. The summed E-state index contributed by atoms with van der Waals surface area (Å²) < 4.78 is 27.3. The summed E-state index contributed by atoms with van der Waals surface area (Å²) in [6.45, 7) is 1.57. The second-order valence-corrected chi connectivity index (χ2v) is 7.45. The van der Waals surface area contributed by atoms with Crippen molar-refractivity contribution >= 4 is 21.9 Å². The number of hydrogen-bond donors (Lipinski definition) is 3. The van der Waals surface area contributed by atoms with E-state index in [2.05, 4.69) is 5.32 Å². The van der Waals surface area contributed by atoms with Crippen molar-refractivity contribution in [1.29, 1.82) is 0 Å². The zero-order valence-corrected chi connectivity index (χ0v) is 15.5. The van der Waals surface area contributed by atoms with Gasteiger partial charge in [0.15, 0.2) is 6.61 Å². The van der Waals surface area contributed by atoms with E-state index >= 15 is 0 Å². The summed E-state index contributed by atoms with van der Waals surface area (Å²) in [4.78, 5) is 23.7. The quantitative estimate of drug-likeness (QED) is 0.598. The van der Waals surface area contributed by atoms with Crippen LogP contribution in [0.25, 0.3) is 0 Å². The highest BCUT2D eigenvalue weighted by atomic mass is 32.2. The Kier molecular flexibility index (Phi) is 6.54. The molecule has 0 aromatic heterocycles. The first kappa shape index (κ1) is 20.4. The molecule has 2 aromatic carbocycles. The maximum Gasteiger partial charge on any atom is 0.342 e. The lowest BCUT2D eigenvalue weighted by atomic mass is 10.1. The summed E-state index contributed by atoms with van der Waals surface area (Å²) in [6, 6.07) is 10.5. The van der Waals surface area contributed by atoms with E-state index in [0.717, 1.165) is 11.1 Å². The van der Waals surface area contributed by atoms with Crippen LogP contribution in [-0.2, 0) is 26.0 Å². The molecular weight excluding hydrogens is 372 g/mol. The molecule has 0 saturated carbocycles. The number of sulfonamides is 1. The third-order valence-electron chi connectivity index (χ3n) is 3.69. The Labute approximate surface area is 157 Å². The zero-order chi connectivity index (χ0) is 20.0. The Bertz CT molecular complexity index is 939. The van der Waals surface area contributed by atoms with Gasteiger partial charge in [-0.05, 0) is 43.2 Å². The monoisotopic (exact) mass is 392 g/mol. The maximum atomic E-state index is 11.9.